The van der Waals surface area contributed by atoms with E-state index in [1.807, 2.05) is 12.4 Å². The molecule has 1 heterocycles. The molecule has 100 valence electrons. The highest BCUT2D eigenvalue weighted by molar-refractivity contribution is 5.07. The molecule has 1 aromatic rings. The second kappa shape index (κ2) is 6.83. The summed E-state index contributed by atoms with van der Waals surface area (Å²) in [5, 5.41) is 3.39. The quantitative estimate of drug-likeness (QED) is 0.829. The predicted octanol–water partition coefficient (Wildman–Crippen LogP) is 3.41. The molecule has 1 aliphatic rings. The smallest absolute Gasteiger partial charge is 0.131 e. The van der Waals surface area contributed by atoms with Crippen molar-refractivity contribution < 1.29 is 0 Å². The van der Waals surface area contributed by atoms with Crippen LogP contribution in [0.15, 0.2) is 12.4 Å². The molecule has 1 fully saturated rings. The Morgan fingerprint density at radius 2 is 1.72 bits per heavy atom. The minimum atomic E-state index is 0.506. The molecule has 1 aromatic heterocycles. The highest BCUT2D eigenvalue weighted by Gasteiger charge is 2.16. The van der Waals surface area contributed by atoms with E-state index in [1.54, 1.807) is 0 Å². The Bertz CT molecular complexity index is 337. The summed E-state index contributed by atoms with van der Waals surface area (Å²) in [4.78, 5) is 9.14. The third kappa shape index (κ3) is 4.05. The van der Waals surface area contributed by atoms with Crippen molar-refractivity contribution in [2.45, 2.75) is 70.9 Å². The summed E-state index contributed by atoms with van der Waals surface area (Å²) in [6.45, 7) is 5.17. The molecule has 3 nitrogen and oxygen atoms in total. The predicted molar refractivity (Wildman–Crippen MR) is 74.5 cm³/mol. The Balaban J connectivity index is 1.93. The maximum Gasteiger partial charge on any atom is 0.131 e. The van der Waals surface area contributed by atoms with E-state index < -0.39 is 0 Å². The van der Waals surface area contributed by atoms with E-state index in [9.17, 15) is 0 Å². The zero-order chi connectivity index (χ0) is 12.8. The Kier molecular flexibility index (Phi) is 5.12. The monoisotopic (exact) mass is 247 g/mol. The number of aromatic nitrogens is 2. The summed E-state index contributed by atoms with van der Waals surface area (Å²) in [5.74, 6) is 1.66. The van der Waals surface area contributed by atoms with Gasteiger partial charge in [0.15, 0.2) is 0 Å². The fraction of sp³-hybridized carbons (Fsp3) is 0.733. The van der Waals surface area contributed by atoms with Crippen molar-refractivity contribution in [2.75, 3.05) is 0 Å². The van der Waals surface area contributed by atoms with Gasteiger partial charge < -0.3 is 5.32 Å². The van der Waals surface area contributed by atoms with Crippen LogP contribution in [-0.4, -0.2) is 16.0 Å². The molecular formula is C15H25N3. The third-order valence-electron chi connectivity index (χ3n) is 3.66. The molecule has 1 aliphatic carbocycles. The van der Waals surface area contributed by atoms with Crippen molar-refractivity contribution in [1.82, 2.24) is 15.3 Å². The van der Waals surface area contributed by atoms with Crippen LogP contribution in [0, 0.1) is 0 Å². The van der Waals surface area contributed by atoms with Crippen molar-refractivity contribution in [3.05, 3.63) is 23.8 Å². The molecule has 0 amide bonds. The standard InChI is InChI=1S/C15H25N3/c1-12(2)16-9-13-10-17-15(18-11-13)14-7-5-3-4-6-8-14/h10-12,14,16H,3-9H2,1-2H3. The first-order valence-corrected chi connectivity index (χ1v) is 7.30. The lowest BCUT2D eigenvalue weighted by molar-refractivity contribution is 0.554. The molecule has 0 aromatic carbocycles. The van der Waals surface area contributed by atoms with Crippen LogP contribution < -0.4 is 5.32 Å². The van der Waals surface area contributed by atoms with Crippen LogP contribution in [0.3, 0.4) is 0 Å². The fourth-order valence-electron chi connectivity index (χ4n) is 2.53. The number of nitrogens with one attached hydrogen (secondary N) is 1. The van der Waals surface area contributed by atoms with Crippen LogP contribution >= 0.6 is 0 Å². The second-order valence-corrected chi connectivity index (χ2v) is 5.67. The lowest BCUT2D eigenvalue weighted by Gasteiger charge is -2.13. The van der Waals surface area contributed by atoms with Crippen molar-refractivity contribution in [1.29, 1.82) is 0 Å². The first kappa shape index (κ1) is 13.5. The van der Waals surface area contributed by atoms with Crippen LogP contribution in [0.2, 0.25) is 0 Å². The molecule has 2 rings (SSSR count). The van der Waals surface area contributed by atoms with Crippen molar-refractivity contribution in [2.24, 2.45) is 0 Å². The van der Waals surface area contributed by atoms with Gasteiger partial charge in [-0.1, -0.05) is 39.5 Å². The van der Waals surface area contributed by atoms with E-state index in [4.69, 9.17) is 0 Å². The highest BCUT2D eigenvalue weighted by Crippen LogP contribution is 2.29. The van der Waals surface area contributed by atoms with Crippen molar-refractivity contribution in [3.8, 4) is 0 Å². The Labute approximate surface area is 110 Å². The molecule has 0 spiro atoms. The lowest BCUT2D eigenvalue weighted by atomic mass is 9.99. The SMILES string of the molecule is CC(C)NCc1cnc(C2CCCCCC2)nc1. The Morgan fingerprint density at radius 3 is 2.28 bits per heavy atom. The van der Waals surface area contributed by atoms with Gasteiger partial charge in [-0.05, 0) is 12.8 Å². The summed E-state index contributed by atoms with van der Waals surface area (Å²) in [6.07, 6.45) is 12.0. The van der Waals surface area contributed by atoms with Gasteiger partial charge in [-0.3, -0.25) is 0 Å². The molecule has 0 unspecified atom stereocenters. The molecule has 1 N–H and O–H groups in total. The Hall–Kier alpha value is -0.960. The average Bonchev–Trinajstić information content (AvgIpc) is 2.66. The largest absolute Gasteiger partial charge is 0.310 e. The van der Waals surface area contributed by atoms with Crippen LogP contribution in [0.5, 0.6) is 0 Å². The maximum atomic E-state index is 4.57. The zero-order valence-electron chi connectivity index (χ0n) is 11.7. The number of nitrogens with zero attached hydrogens (tertiary/aromatic N) is 2. The molecule has 0 saturated heterocycles. The topological polar surface area (TPSA) is 37.8 Å². The molecule has 0 aliphatic heterocycles. The number of rotatable bonds is 4. The highest BCUT2D eigenvalue weighted by atomic mass is 14.9. The minimum Gasteiger partial charge on any atom is -0.310 e. The first-order valence-electron chi connectivity index (χ1n) is 7.30. The van der Waals surface area contributed by atoms with E-state index in [-0.39, 0.29) is 0 Å². The lowest BCUT2D eigenvalue weighted by Crippen LogP contribution is -2.22. The van der Waals surface area contributed by atoms with Crippen LogP contribution in [0.4, 0.5) is 0 Å². The average molecular weight is 247 g/mol. The van der Waals surface area contributed by atoms with Gasteiger partial charge in [0.05, 0.1) is 0 Å². The molecule has 1 saturated carbocycles. The van der Waals surface area contributed by atoms with Crippen LogP contribution in [0.25, 0.3) is 0 Å². The molecule has 3 heteroatoms. The second-order valence-electron chi connectivity index (χ2n) is 5.67. The molecule has 0 atom stereocenters. The fourth-order valence-corrected chi connectivity index (χ4v) is 2.53. The molecule has 0 bridgehead atoms. The maximum absolute atomic E-state index is 4.57. The van der Waals surface area contributed by atoms with E-state index in [0.29, 0.717) is 12.0 Å². The van der Waals surface area contributed by atoms with E-state index in [2.05, 4.69) is 29.1 Å². The summed E-state index contributed by atoms with van der Waals surface area (Å²) < 4.78 is 0. The summed E-state index contributed by atoms with van der Waals surface area (Å²) in [6, 6.07) is 0.506. The minimum absolute atomic E-state index is 0.506. The van der Waals surface area contributed by atoms with Crippen molar-refractivity contribution in [3.63, 3.8) is 0 Å². The van der Waals surface area contributed by atoms with E-state index in [1.165, 1.54) is 44.1 Å². The summed E-state index contributed by atoms with van der Waals surface area (Å²) >= 11 is 0. The van der Waals surface area contributed by atoms with Crippen LogP contribution in [0.1, 0.15) is 69.7 Å². The van der Waals surface area contributed by atoms with E-state index >= 15 is 0 Å². The summed E-state index contributed by atoms with van der Waals surface area (Å²) in [7, 11) is 0. The third-order valence-corrected chi connectivity index (χ3v) is 3.66. The number of hydrogen-bond donors (Lipinski definition) is 1. The van der Waals surface area contributed by atoms with Gasteiger partial charge in [0.25, 0.3) is 0 Å². The van der Waals surface area contributed by atoms with Gasteiger partial charge in [0, 0.05) is 36.5 Å². The van der Waals surface area contributed by atoms with E-state index in [0.717, 1.165) is 12.4 Å². The molecule has 18 heavy (non-hydrogen) atoms. The van der Waals surface area contributed by atoms with Gasteiger partial charge >= 0.3 is 0 Å². The molecular weight excluding hydrogens is 222 g/mol. The van der Waals surface area contributed by atoms with Gasteiger partial charge in [-0.2, -0.15) is 0 Å². The Morgan fingerprint density at radius 1 is 1.11 bits per heavy atom. The van der Waals surface area contributed by atoms with Crippen LogP contribution in [-0.2, 0) is 6.54 Å². The van der Waals surface area contributed by atoms with Gasteiger partial charge in [0.2, 0.25) is 0 Å². The number of hydrogen-bond acceptors (Lipinski definition) is 3. The van der Waals surface area contributed by atoms with Crippen molar-refractivity contribution >= 4 is 0 Å². The normalized spacial score (nSPS) is 17.9. The van der Waals surface area contributed by atoms with Gasteiger partial charge in [-0.15, -0.1) is 0 Å². The zero-order valence-corrected chi connectivity index (χ0v) is 11.7. The molecule has 0 radical (unpaired) electrons. The first-order chi connectivity index (χ1) is 8.75. The van der Waals surface area contributed by atoms with Gasteiger partial charge in [-0.25, -0.2) is 9.97 Å². The van der Waals surface area contributed by atoms with Gasteiger partial charge in [0.1, 0.15) is 5.82 Å². The summed E-state index contributed by atoms with van der Waals surface area (Å²) in [5.41, 5.74) is 1.18.